The van der Waals surface area contributed by atoms with Crippen LogP contribution in [0.4, 0.5) is 0 Å². The summed E-state index contributed by atoms with van der Waals surface area (Å²) in [5.74, 6) is 2.10. The SMILES string of the molecule is CC(C)CNC(CO)c1ccc2c(c1)OCCO2. The summed E-state index contributed by atoms with van der Waals surface area (Å²) in [4.78, 5) is 0. The summed E-state index contributed by atoms with van der Waals surface area (Å²) in [5.41, 5.74) is 1.03. The lowest BCUT2D eigenvalue weighted by Gasteiger charge is -2.22. The largest absolute Gasteiger partial charge is 0.486 e. The van der Waals surface area contributed by atoms with E-state index in [4.69, 9.17) is 9.47 Å². The minimum atomic E-state index is -0.0526. The molecule has 0 radical (unpaired) electrons. The fourth-order valence-corrected chi connectivity index (χ4v) is 1.94. The Morgan fingerprint density at radius 1 is 1.22 bits per heavy atom. The minimum absolute atomic E-state index is 0.0526. The first-order chi connectivity index (χ1) is 8.70. The Labute approximate surface area is 108 Å². The number of aliphatic hydroxyl groups excluding tert-OH is 1. The number of fused-ring (bicyclic) bond motifs is 1. The van der Waals surface area contributed by atoms with Crippen LogP contribution in [0.1, 0.15) is 25.5 Å². The van der Waals surface area contributed by atoms with E-state index in [0.29, 0.717) is 19.1 Å². The van der Waals surface area contributed by atoms with Gasteiger partial charge in [0.15, 0.2) is 11.5 Å². The number of aliphatic hydroxyl groups is 1. The van der Waals surface area contributed by atoms with Crippen LogP contribution in [0.5, 0.6) is 11.5 Å². The van der Waals surface area contributed by atoms with E-state index in [2.05, 4.69) is 19.2 Å². The molecule has 1 unspecified atom stereocenters. The van der Waals surface area contributed by atoms with E-state index in [0.717, 1.165) is 23.6 Å². The molecule has 4 heteroatoms. The van der Waals surface area contributed by atoms with Gasteiger partial charge in [-0.3, -0.25) is 0 Å². The quantitative estimate of drug-likeness (QED) is 0.837. The summed E-state index contributed by atoms with van der Waals surface area (Å²) in [5, 5.41) is 12.8. The van der Waals surface area contributed by atoms with Gasteiger partial charge in [-0.15, -0.1) is 0 Å². The first-order valence-electron chi connectivity index (χ1n) is 6.44. The molecule has 1 atom stereocenters. The fraction of sp³-hybridized carbons (Fsp3) is 0.571. The van der Waals surface area contributed by atoms with Crippen LogP contribution >= 0.6 is 0 Å². The topological polar surface area (TPSA) is 50.7 Å². The molecule has 1 aromatic carbocycles. The molecule has 4 nitrogen and oxygen atoms in total. The van der Waals surface area contributed by atoms with Gasteiger partial charge in [0.2, 0.25) is 0 Å². The molecule has 0 fully saturated rings. The van der Waals surface area contributed by atoms with Crippen LogP contribution in [-0.2, 0) is 0 Å². The molecule has 1 aromatic rings. The summed E-state index contributed by atoms with van der Waals surface area (Å²) in [6.45, 7) is 6.42. The Hall–Kier alpha value is -1.26. The molecular weight excluding hydrogens is 230 g/mol. The van der Waals surface area contributed by atoms with Gasteiger partial charge in [-0.2, -0.15) is 0 Å². The first-order valence-corrected chi connectivity index (χ1v) is 6.44. The molecule has 2 rings (SSSR count). The van der Waals surface area contributed by atoms with Crippen LogP contribution in [-0.4, -0.2) is 31.5 Å². The molecule has 1 heterocycles. The molecule has 0 saturated carbocycles. The number of hydrogen-bond donors (Lipinski definition) is 2. The summed E-state index contributed by atoms with van der Waals surface area (Å²) < 4.78 is 11.0. The predicted molar refractivity (Wildman–Crippen MR) is 70.1 cm³/mol. The van der Waals surface area contributed by atoms with Gasteiger partial charge in [-0.05, 0) is 30.2 Å². The highest BCUT2D eigenvalue weighted by molar-refractivity contribution is 5.44. The van der Waals surface area contributed by atoms with E-state index in [9.17, 15) is 5.11 Å². The third-order valence-corrected chi connectivity index (χ3v) is 2.92. The lowest BCUT2D eigenvalue weighted by atomic mass is 10.1. The van der Waals surface area contributed by atoms with Crippen LogP contribution in [0.2, 0.25) is 0 Å². The van der Waals surface area contributed by atoms with Gasteiger partial charge < -0.3 is 19.9 Å². The van der Waals surface area contributed by atoms with Crippen molar-refractivity contribution in [1.82, 2.24) is 5.32 Å². The first kappa shape index (κ1) is 13.2. The van der Waals surface area contributed by atoms with Crippen molar-refractivity contribution in [3.63, 3.8) is 0 Å². The Kier molecular flexibility index (Phi) is 4.44. The average molecular weight is 251 g/mol. The molecule has 100 valence electrons. The van der Waals surface area contributed by atoms with Crippen molar-refractivity contribution >= 4 is 0 Å². The summed E-state index contributed by atoms with van der Waals surface area (Å²) in [6.07, 6.45) is 0. The smallest absolute Gasteiger partial charge is 0.161 e. The number of hydrogen-bond acceptors (Lipinski definition) is 4. The van der Waals surface area contributed by atoms with E-state index in [-0.39, 0.29) is 12.6 Å². The van der Waals surface area contributed by atoms with E-state index in [1.165, 1.54) is 0 Å². The summed E-state index contributed by atoms with van der Waals surface area (Å²) >= 11 is 0. The highest BCUT2D eigenvalue weighted by Crippen LogP contribution is 2.32. The Morgan fingerprint density at radius 2 is 1.94 bits per heavy atom. The summed E-state index contributed by atoms with van der Waals surface area (Å²) in [6, 6.07) is 5.77. The van der Waals surface area contributed by atoms with Crippen LogP contribution in [0, 0.1) is 5.92 Å². The molecule has 1 aliphatic rings. The third kappa shape index (κ3) is 3.15. The summed E-state index contributed by atoms with van der Waals surface area (Å²) in [7, 11) is 0. The van der Waals surface area contributed by atoms with Crippen LogP contribution in [0.3, 0.4) is 0 Å². The number of ether oxygens (including phenoxy) is 2. The Morgan fingerprint density at radius 3 is 2.61 bits per heavy atom. The number of rotatable bonds is 5. The van der Waals surface area contributed by atoms with Crippen molar-refractivity contribution in [3.05, 3.63) is 23.8 Å². The number of benzene rings is 1. The van der Waals surface area contributed by atoms with Crippen molar-refractivity contribution in [2.75, 3.05) is 26.4 Å². The van der Waals surface area contributed by atoms with Crippen LogP contribution in [0.25, 0.3) is 0 Å². The zero-order chi connectivity index (χ0) is 13.0. The molecule has 0 amide bonds. The zero-order valence-electron chi connectivity index (χ0n) is 11.0. The van der Waals surface area contributed by atoms with Crippen LogP contribution in [0.15, 0.2) is 18.2 Å². The molecule has 0 saturated heterocycles. The Bertz CT molecular complexity index is 393. The van der Waals surface area contributed by atoms with Gasteiger partial charge in [0, 0.05) is 0 Å². The maximum atomic E-state index is 9.46. The van der Waals surface area contributed by atoms with Gasteiger partial charge in [0.1, 0.15) is 13.2 Å². The lowest BCUT2D eigenvalue weighted by Crippen LogP contribution is -2.28. The molecule has 1 aliphatic heterocycles. The highest BCUT2D eigenvalue weighted by atomic mass is 16.6. The zero-order valence-corrected chi connectivity index (χ0v) is 11.0. The number of nitrogens with one attached hydrogen (secondary N) is 1. The monoisotopic (exact) mass is 251 g/mol. The van der Waals surface area contributed by atoms with Gasteiger partial charge in [-0.25, -0.2) is 0 Å². The molecule has 0 aliphatic carbocycles. The molecule has 0 spiro atoms. The van der Waals surface area contributed by atoms with Crippen molar-refractivity contribution in [2.24, 2.45) is 5.92 Å². The molecule has 2 N–H and O–H groups in total. The fourth-order valence-electron chi connectivity index (χ4n) is 1.94. The maximum Gasteiger partial charge on any atom is 0.161 e. The third-order valence-electron chi connectivity index (χ3n) is 2.92. The molecule has 0 aromatic heterocycles. The second-order valence-electron chi connectivity index (χ2n) is 4.94. The van der Waals surface area contributed by atoms with Gasteiger partial charge in [-0.1, -0.05) is 19.9 Å². The molecular formula is C14H21NO3. The van der Waals surface area contributed by atoms with Crippen molar-refractivity contribution in [1.29, 1.82) is 0 Å². The lowest BCUT2D eigenvalue weighted by molar-refractivity contribution is 0.171. The van der Waals surface area contributed by atoms with E-state index in [1.807, 2.05) is 18.2 Å². The van der Waals surface area contributed by atoms with Gasteiger partial charge in [0.05, 0.1) is 12.6 Å². The van der Waals surface area contributed by atoms with Crippen molar-refractivity contribution < 1.29 is 14.6 Å². The van der Waals surface area contributed by atoms with E-state index < -0.39 is 0 Å². The van der Waals surface area contributed by atoms with Gasteiger partial charge in [0.25, 0.3) is 0 Å². The van der Waals surface area contributed by atoms with E-state index in [1.54, 1.807) is 0 Å². The molecule has 0 bridgehead atoms. The minimum Gasteiger partial charge on any atom is -0.486 e. The van der Waals surface area contributed by atoms with Crippen molar-refractivity contribution in [3.8, 4) is 11.5 Å². The van der Waals surface area contributed by atoms with Crippen molar-refractivity contribution in [2.45, 2.75) is 19.9 Å². The van der Waals surface area contributed by atoms with Gasteiger partial charge >= 0.3 is 0 Å². The second-order valence-corrected chi connectivity index (χ2v) is 4.94. The average Bonchev–Trinajstić information content (AvgIpc) is 2.39. The standard InChI is InChI=1S/C14H21NO3/c1-10(2)8-15-12(9-16)11-3-4-13-14(7-11)18-6-5-17-13/h3-4,7,10,12,15-16H,5-6,8-9H2,1-2H3. The molecule has 18 heavy (non-hydrogen) atoms. The van der Waals surface area contributed by atoms with E-state index >= 15 is 0 Å². The predicted octanol–water partition coefficient (Wildman–Crippen LogP) is 1.74. The normalized spacial score (nSPS) is 15.8. The highest BCUT2D eigenvalue weighted by Gasteiger charge is 2.16. The second kappa shape index (κ2) is 6.07. The maximum absolute atomic E-state index is 9.46. The van der Waals surface area contributed by atoms with Crippen LogP contribution < -0.4 is 14.8 Å². The Balaban J connectivity index is 2.10.